The van der Waals surface area contributed by atoms with E-state index in [1.54, 1.807) is 12.1 Å². The normalized spacial score (nSPS) is 30.6. The average Bonchev–Trinajstić information content (AvgIpc) is 3.00. The van der Waals surface area contributed by atoms with E-state index in [0.29, 0.717) is 20.4 Å². The lowest BCUT2D eigenvalue weighted by atomic mass is 9.85. The molecule has 11 nitrogen and oxygen atoms in total. The van der Waals surface area contributed by atoms with Crippen LogP contribution in [0.1, 0.15) is 0 Å². The molecule has 0 unspecified atom stereocenters. The Bertz CT molecular complexity index is 851. The second kappa shape index (κ2) is 8.94. The van der Waals surface area contributed by atoms with Gasteiger partial charge in [-0.2, -0.15) is 0 Å². The van der Waals surface area contributed by atoms with Crippen molar-refractivity contribution < 1.29 is 49.5 Å². The highest BCUT2D eigenvalue weighted by molar-refractivity contribution is 9.10. The zero-order valence-electron chi connectivity index (χ0n) is 13.8. The number of fused-ring (bicyclic) bond motifs is 1. The molecule has 1 aliphatic carbocycles. The van der Waals surface area contributed by atoms with E-state index in [1.807, 2.05) is 0 Å². The van der Waals surface area contributed by atoms with Crippen LogP contribution in [-0.4, -0.2) is 81.8 Å². The molecule has 9 N–H and O–H groups in total. The molecule has 1 aromatic heterocycles. The van der Waals surface area contributed by atoms with Crippen molar-refractivity contribution in [3.05, 3.63) is 27.8 Å². The van der Waals surface area contributed by atoms with E-state index in [-0.39, 0.29) is 5.75 Å². The van der Waals surface area contributed by atoms with Crippen molar-refractivity contribution in [3.63, 3.8) is 0 Å². The Morgan fingerprint density at radius 2 is 1.43 bits per heavy atom. The van der Waals surface area contributed by atoms with Crippen molar-refractivity contribution in [2.45, 2.75) is 36.6 Å². The summed E-state index contributed by atoms with van der Waals surface area (Å²) in [6.07, 6.45) is -7.97. The maximum atomic E-state index is 10.0. The lowest BCUT2D eigenvalue weighted by Crippen LogP contribution is -2.65. The highest BCUT2D eigenvalue weighted by Gasteiger charge is 2.49. The van der Waals surface area contributed by atoms with Crippen molar-refractivity contribution in [1.82, 2.24) is 4.98 Å². The maximum Gasteiger partial charge on any atom is 0.466 e. The van der Waals surface area contributed by atoms with Gasteiger partial charge in [0, 0.05) is 10.7 Å². The second-order valence-corrected chi connectivity index (χ2v) is 8.24. The Morgan fingerprint density at radius 3 is 1.93 bits per heavy atom. The Kier molecular flexibility index (Phi) is 7.51. The van der Waals surface area contributed by atoms with Gasteiger partial charge in [0.05, 0.1) is 15.9 Å². The zero-order chi connectivity index (χ0) is 21.4. The molecule has 28 heavy (non-hydrogen) atoms. The number of aromatic amines is 1. The molecule has 1 aromatic carbocycles. The third-order valence-corrected chi connectivity index (χ3v) is 5.32. The van der Waals surface area contributed by atoms with E-state index < -0.39 is 44.4 Å². The van der Waals surface area contributed by atoms with Crippen LogP contribution >= 0.6 is 35.4 Å². The van der Waals surface area contributed by atoms with Crippen LogP contribution in [-0.2, 0) is 4.57 Å². The smallest absolute Gasteiger partial charge is 0.466 e. The van der Waals surface area contributed by atoms with Crippen molar-refractivity contribution in [3.8, 4) is 5.75 Å². The van der Waals surface area contributed by atoms with Crippen molar-refractivity contribution in [2.75, 3.05) is 0 Å². The summed E-state index contributed by atoms with van der Waals surface area (Å²) in [6, 6.07) is 3.51. The van der Waals surface area contributed by atoms with Gasteiger partial charge in [0.2, 0.25) is 0 Å². The third-order valence-electron chi connectivity index (χ3n) is 4.04. The Morgan fingerprint density at radius 1 is 0.964 bits per heavy atom. The van der Waals surface area contributed by atoms with E-state index in [1.165, 1.54) is 6.20 Å². The maximum absolute atomic E-state index is 10.0. The first-order valence-electron chi connectivity index (χ1n) is 7.63. The highest BCUT2D eigenvalue weighted by Crippen LogP contribution is 2.38. The number of halogens is 2. The van der Waals surface area contributed by atoms with Gasteiger partial charge in [-0.3, -0.25) is 0 Å². The molecular weight excluding hydrogens is 488 g/mol. The summed E-state index contributed by atoms with van der Waals surface area (Å²) in [5, 5.41) is 50.0. The summed E-state index contributed by atoms with van der Waals surface area (Å²) < 4.78 is 15.1. The molecule has 6 atom stereocenters. The number of aliphatic hydroxyl groups is 5. The van der Waals surface area contributed by atoms with Crippen molar-refractivity contribution in [2.24, 2.45) is 0 Å². The Labute approximate surface area is 171 Å². The second-order valence-electron chi connectivity index (χ2n) is 5.99. The van der Waals surface area contributed by atoms with E-state index in [0.717, 1.165) is 0 Å². The van der Waals surface area contributed by atoms with Crippen LogP contribution in [0.5, 0.6) is 5.75 Å². The molecule has 0 radical (unpaired) electrons. The number of hydrogen-bond donors (Lipinski definition) is 9. The van der Waals surface area contributed by atoms with Gasteiger partial charge in [-0.1, -0.05) is 11.6 Å². The standard InChI is InChI=1S/C14H15BrClNO6.H3O4P/c15-4-1-2-5-7(8(4)16)6(3-17-5)23-14-12(21)10(19)9(18)11(20)13(14)22;1-5(2,3)4/h1-3,9-14,17-22H;(H3,1,2,3,4)/t9-,10-,11+,12-,13-,14-;/m0./s1. The molecule has 1 heterocycles. The van der Waals surface area contributed by atoms with Gasteiger partial charge in [-0.05, 0) is 28.1 Å². The van der Waals surface area contributed by atoms with Crippen LogP contribution in [0.4, 0.5) is 0 Å². The summed E-state index contributed by atoms with van der Waals surface area (Å²) in [5.41, 5.74) is 0.675. The number of hydrogen-bond acceptors (Lipinski definition) is 7. The fraction of sp³-hybridized carbons (Fsp3) is 0.429. The predicted octanol–water partition coefficient (Wildman–Crippen LogP) is -0.779. The first kappa shape index (κ1) is 23.5. The fourth-order valence-corrected chi connectivity index (χ4v) is 3.29. The largest absolute Gasteiger partial charge is 0.482 e. The van der Waals surface area contributed by atoms with Gasteiger partial charge in [0.1, 0.15) is 36.3 Å². The Balaban J connectivity index is 0.000000500. The minimum atomic E-state index is -4.64. The van der Waals surface area contributed by atoms with Gasteiger partial charge in [-0.15, -0.1) is 0 Å². The molecule has 3 rings (SSSR count). The van der Waals surface area contributed by atoms with E-state index in [9.17, 15) is 25.5 Å². The average molecular weight is 507 g/mol. The zero-order valence-corrected chi connectivity index (χ0v) is 17.0. The molecule has 0 saturated heterocycles. The minimum absolute atomic E-state index is 0.241. The molecule has 0 spiro atoms. The SMILES string of the molecule is O=P(O)(O)O.O[C@@H]1[C@@H](O)[C@H](O)[C@@H](Oc2c[nH]c3ccc(Br)c(Cl)c23)[C@@H](O)[C@H]1O. The number of aliphatic hydroxyl groups excluding tert-OH is 5. The number of aromatic nitrogens is 1. The Hall–Kier alpha value is -0.760. The summed E-state index contributed by atoms with van der Waals surface area (Å²) in [7, 11) is -4.64. The van der Waals surface area contributed by atoms with Crippen LogP contribution in [0.2, 0.25) is 5.02 Å². The monoisotopic (exact) mass is 505 g/mol. The van der Waals surface area contributed by atoms with Crippen LogP contribution in [0.25, 0.3) is 10.9 Å². The number of H-pyrrole nitrogens is 1. The van der Waals surface area contributed by atoms with Gasteiger partial charge >= 0.3 is 7.82 Å². The molecule has 1 aliphatic rings. The lowest BCUT2D eigenvalue weighted by molar-refractivity contribution is -0.216. The van der Waals surface area contributed by atoms with Crippen LogP contribution in [0.15, 0.2) is 22.8 Å². The topological polar surface area (TPSA) is 204 Å². The molecule has 2 aromatic rings. The van der Waals surface area contributed by atoms with Gasteiger partial charge in [0.15, 0.2) is 6.10 Å². The van der Waals surface area contributed by atoms with Gasteiger partial charge < -0.3 is 49.9 Å². The van der Waals surface area contributed by atoms with Crippen LogP contribution in [0, 0.1) is 0 Å². The minimum Gasteiger partial charge on any atom is -0.482 e. The number of ether oxygens (including phenoxy) is 1. The number of nitrogens with one attached hydrogen (secondary N) is 1. The van der Waals surface area contributed by atoms with E-state index >= 15 is 0 Å². The molecule has 0 bridgehead atoms. The quantitative estimate of drug-likeness (QED) is 0.232. The van der Waals surface area contributed by atoms with Crippen LogP contribution in [0.3, 0.4) is 0 Å². The first-order chi connectivity index (χ1) is 12.8. The van der Waals surface area contributed by atoms with E-state index in [4.69, 9.17) is 35.6 Å². The molecule has 1 saturated carbocycles. The molecule has 14 heteroatoms. The number of benzene rings is 1. The molecule has 158 valence electrons. The van der Waals surface area contributed by atoms with Gasteiger partial charge in [0.25, 0.3) is 0 Å². The lowest BCUT2D eigenvalue weighted by Gasteiger charge is -2.41. The number of rotatable bonds is 2. The van der Waals surface area contributed by atoms with Crippen LogP contribution < -0.4 is 4.74 Å². The van der Waals surface area contributed by atoms with E-state index in [2.05, 4.69) is 20.9 Å². The summed E-state index contributed by atoms with van der Waals surface area (Å²) in [5.74, 6) is 0.241. The molecule has 0 aliphatic heterocycles. The molecule has 0 amide bonds. The first-order valence-corrected chi connectivity index (χ1v) is 10.4. The summed E-state index contributed by atoms with van der Waals surface area (Å²) in [6.45, 7) is 0. The number of phosphoric acid groups is 1. The van der Waals surface area contributed by atoms with Gasteiger partial charge in [-0.25, -0.2) is 4.57 Å². The van der Waals surface area contributed by atoms with Crippen molar-refractivity contribution >= 4 is 46.3 Å². The van der Waals surface area contributed by atoms with Crippen molar-refractivity contribution in [1.29, 1.82) is 0 Å². The molecule has 1 fully saturated rings. The summed E-state index contributed by atoms with van der Waals surface area (Å²) >= 11 is 9.53. The highest BCUT2D eigenvalue weighted by atomic mass is 79.9. The molecular formula is C14H18BrClNO10P. The summed E-state index contributed by atoms with van der Waals surface area (Å²) in [4.78, 5) is 24.5. The fourth-order valence-electron chi connectivity index (χ4n) is 2.70. The predicted molar refractivity (Wildman–Crippen MR) is 99.7 cm³/mol. The third kappa shape index (κ3) is 5.23.